The molecule has 0 aliphatic heterocycles. The summed E-state index contributed by atoms with van der Waals surface area (Å²) < 4.78 is 17.1. The molecule has 0 spiro atoms. The Hall–Kier alpha value is -2.94. The Bertz CT molecular complexity index is 941. The van der Waals surface area contributed by atoms with Crippen molar-refractivity contribution in [2.45, 2.75) is 27.1 Å². The molecule has 31 heavy (non-hydrogen) atoms. The van der Waals surface area contributed by atoms with Crippen LogP contribution in [0.4, 0.5) is 0 Å². The molecule has 162 valence electrons. The fourth-order valence-corrected chi connectivity index (χ4v) is 2.60. The van der Waals surface area contributed by atoms with Gasteiger partial charge in [0.25, 0.3) is 0 Å². The molecule has 0 amide bonds. The van der Waals surface area contributed by atoms with Gasteiger partial charge >= 0.3 is 13.1 Å². The first-order valence-corrected chi connectivity index (χ1v) is 10.1. The van der Waals surface area contributed by atoms with Gasteiger partial charge in [-0.2, -0.15) is 4.98 Å². The van der Waals surface area contributed by atoms with E-state index >= 15 is 0 Å². The fourth-order valence-electron chi connectivity index (χ4n) is 2.60. The van der Waals surface area contributed by atoms with Crippen molar-refractivity contribution in [2.75, 3.05) is 13.2 Å². The van der Waals surface area contributed by atoms with Crippen LogP contribution < -0.4 is 14.9 Å². The van der Waals surface area contributed by atoms with E-state index in [1.165, 1.54) is 6.20 Å². The first-order valence-electron chi connectivity index (χ1n) is 10.1. The number of hydrogen-bond donors (Lipinski definition) is 2. The number of aromatic nitrogens is 2. The Morgan fingerprint density at radius 2 is 1.48 bits per heavy atom. The molecule has 0 atom stereocenters. The van der Waals surface area contributed by atoms with Gasteiger partial charge in [-0.05, 0) is 11.1 Å². The minimum Gasteiger partial charge on any atom is -0.473 e. The average molecular weight is 422 g/mol. The van der Waals surface area contributed by atoms with Crippen LogP contribution in [0.15, 0.2) is 66.9 Å². The minimum absolute atomic E-state index is 0.0696. The highest BCUT2D eigenvalue weighted by Gasteiger charge is 2.28. The van der Waals surface area contributed by atoms with Crippen LogP contribution in [0.1, 0.15) is 25.0 Å². The number of aliphatic hydroxyl groups excluding tert-OH is 1. The molecule has 2 aromatic carbocycles. The summed E-state index contributed by atoms with van der Waals surface area (Å²) >= 11 is 0. The Kier molecular flexibility index (Phi) is 8.00. The second-order valence-electron chi connectivity index (χ2n) is 7.95. The van der Waals surface area contributed by atoms with Gasteiger partial charge in [0.2, 0.25) is 5.88 Å². The Balaban J connectivity index is 1.75. The van der Waals surface area contributed by atoms with Crippen LogP contribution in [0.5, 0.6) is 11.9 Å². The quantitative estimate of drug-likeness (QED) is 0.458. The van der Waals surface area contributed by atoms with Gasteiger partial charge in [-0.1, -0.05) is 74.5 Å². The second kappa shape index (κ2) is 10.9. The summed E-state index contributed by atoms with van der Waals surface area (Å²) in [6, 6.07) is 19.5. The number of aliphatic hydroxyl groups is 1. The summed E-state index contributed by atoms with van der Waals surface area (Å²) in [5.41, 5.74) is 1.73. The SMILES string of the molecule is CC(C)(CO)COB(O)c1cnc(OCc2ccccc2)nc1OCc1ccccc1. The third-order valence-corrected chi connectivity index (χ3v) is 4.51. The lowest BCUT2D eigenvalue weighted by Gasteiger charge is -2.23. The summed E-state index contributed by atoms with van der Waals surface area (Å²) in [5.74, 6) is 0.177. The first-order chi connectivity index (χ1) is 15.0. The first kappa shape index (κ1) is 22.7. The smallest absolute Gasteiger partial charge is 0.473 e. The van der Waals surface area contributed by atoms with Gasteiger partial charge in [0.15, 0.2) is 0 Å². The number of benzene rings is 2. The number of nitrogens with zero attached hydrogens (tertiary/aromatic N) is 2. The van der Waals surface area contributed by atoms with Crippen LogP contribution in [0.2, 0.25) is 0 Å². The van der Waals surface area contributed by atoms with Gasteiger partial charge < -0.3 is 24.3 Å². The Morgan fingerprint density at radius 1 is 0.903 bits per heavy atom. The molecule has 0 aliphatic rings. The van der Waals surface area contributed by atoms with Gasteiger partial charge in [-0.15, -0.1) is 0 Å². The van der Waals surface area contributed by atoms with Gasteiger partial charge in [-0.3, -0.25) is 0 Å². The molecule has 0 aliphatic carbocycles. The molecule has 0 bridgehead atoms. The molecular formula is C23H27BN2O5. The molecule has 1 heterocycles. The Labute approximate surface area is 182 Å². The summed E-state index contributed by atoms with van der Waals surface area (Å²) in [6.07, 6.45) is 1.43. The fraction of sp³-hybridized carbons (Fsp3) is 0.304. The normalized spacial score (nSPS) is 11.2. The molecule has 3 rings (SSSR count). The van der Waals surface area contributed by atoms with E-state index in [9.17, 15) is 10.1 Å². The lowest BCUT2D eigenvalue weighted by atomic mass is 9.80. The van der Waals surface area contributed by atoms with Crippen LogP contribution in [0.25, 0.3) is 0 Å². The van der Waals surface area contributed by atoms with Crippen molar-refractivity contribution in [2.24, 2.45) is 5.41 Å². The highest BCUT2D eigenvalue weighted by Crippen LogP contribution is 2.16. The third kappa shape index (κ3) is 7.06. The molecule has 0 saturated heterocycles. The average Bonchev–Trinajstić information content (AvgIpc) is 2.81. The lowest BCUT2D eigenvalue weighted by molar-refractivity contribution is 0.0884. The molecule has 2 N–H and O–H groups in total. The largest absolute Gasteiger partial charge is 0.498 e. The summed E-state index contributed by atoms with van der Waals surface area (Å²) in [7, 11) is -1.31. The standard InChI is InChI=1S/C23H27BN2O5/c1-23(2,16-27)17-31-24(28)20-13-25-22(30-15-19-11-7-4-8-12-19)26-21(20)29-14-18-9-5-3-6-10-18/h3-13,27-28H,14-17H2,1-2H3. The summed E-state index contributed by atoms with van der Waals surface area (Å²) in [6.45, 7) is 4.32. The van der Waals surface area contributed by atoms with E-state index in [1.807, 2.05) is 74.5 Å². The zero-order valence-corrected chi connectivity index (χ0v) is 17.8. The molecular weight excluding hydrogens is 395 g/mol. The summed E-state index contributed by atoms with van der Waals surface area (Å²) in [4.78, 5) is 8.54. The number of ether oxygens (including phenoxy) is 2. The van der Waals surface area contributed by atoms with Crippen molar-refractivity contribution in [3.8, 4) is 11.9 Å². The van der Waals surface area contributed by atoms with E-state index in [0.29, 0.717) is 6.61 Å². The number of rotatable bonds is 11. The van der Waals surface area contributed by atoms with Gasteiger partial charge in [0, 0.05) is 18.2 Å². The van der Waals surface area contributed by atoms with Crippen molar-refractivity contribution in [3.63, 3.8) is 0 Å². The van der Waals surface area contributed by atoms with E-state index in [-0.39, 0.29) is 37.2 Å². The predicted molar refractivity (Wildman–Crippen MR) is 118 cm³/mol. The topological polar surface area (TPSA) is 93.9 Å². The van der Waals surface area contributed by atoms with Gasteiger partial charge in [0.05, 0.1) is 12.1 Å². The third-order valence-electron chi connectivity index (χ3n) is 4.51. The zero-order chi connectivity index (χ0) is 22.1. The maximum absolute atomic E-state index is 10.6. The van der Waals surface area contributed by atoms with Crippen molar-refractivity contribution in [3.05, 3.63) is 78.0 Å². The van der Waals surface area contributed by atoms with Gasteiger partial charge in [0.1, 0.15) is 13.2 Å². The molecule has 7 nitrogen and oxygen atoms in total. The zero-order valence-electron chi connectivity index (χ0n) is 17.8. The van der Waals surface area contributed by atoms with Crippen LogP contribution >= 0.6 is 0 Å². The van der Waals surface area contributed by atoms with Crippen molar-refractivity contribution < 1.29 is 24.3 Å². The summed E-state index contributed by atoms with van der Waals surface area (Å²) in [5, 5.41) is 20.0. The van der Waals surface area contributed by atoms with Gasteiger partial charge in [-0.25, -0.2) is 4.98 Å². The highest BCUT2D eigenvalue weighted by atomic mass is 16.5. The lowest BCUT2D eigenvalue weighted by Crippen LogP contribution is -2.39. The molecule has 1 aromatic heterocycles. The van der Waals surface area contributed by atoms with Crippen LogP contribution in [-0.4, -0.2) is 40.4 Å². The predicted octanol–water partition coefficient (Wildman–Crippen LogP) is 2.36. The van der Waals surface area contributed by atoms with E-state index in [0.717, 1.165) is 11.1 Å². The molecule has 0 saturated carbocycles. The minimum atomic E-state index is -1.31. The van der Waals surface area contributed by atoms with E-state index in [1.54, 1.807) is 0 Å². The van der Waals surface area contributed by atoms with Crippen LogP contribution in [0, 0.1) is 5.41 Å². The molecule has 3 aromatic rings. The van der Waals surface area contributed by atoms with Crippen LogP contribution in [-0.2, 0) is 17.9 Å². The maximum Gasteiger partial charge on any atom is 0.498 e. The van der Waals surface area contributed by atoms with Crippen molar-refractivity contribution >= 4 is 12.6 Å². The maximum atomic E-state index is 10.6. The second-order valence-corrected chi connectivity index (χ2v) is 7.95. The monoisotopic (exact) mass is 422 g/mol. The van der Waals surface area contributed by atoms with Crippen LogP contribution in [0.3, 0.4) is 0 Å². The molecule has 8 heteroatoms. The Morgan fingerprint density at radius 3 is 2.06 bits per heavy atom. The molecule has 0 unspecified atom stereocenters. The number of hydrogen-bond acceptors (Lipinski definition) is 7. The van der Waals surface area contributed by atoms with E-state index < -0.39 is 12.5 Å². The van der Waals surface area contributed by atoms with Crippen molar-refractivity contribution in [1.29, 1.82) is 0 Å². The highest BCUT2D eigenvalue weighted by molar-refractivity contribution is 6.60. The molecule has 0 fully saturated rings. The van der Waals surface area contributed by atoms with Crippen molar-refractivity contribution in [1.82, 2.24) is 9.97 Å². The van der Waals surface area contributed by atoms with E-state index in [2.05, 4.69) is 9.97 Å². The van der Waals surface area contributed by atoms with E-state index in [4.69, 9.17) is 14.1 Å². The molecule has 0 radical (unpaired) electrons.